The molecule has 4 nitrogen and oxygen atoms in total. The standard InChI is InChI=1S/C17H16ClNO3S/c18-11-5-3-10(4-6-11)15(14-2-1-9-23-14)19-16(20)12-7-8-13(12)17(21)22/h1-6,9,12-13,15H,7-8H2,(H,19,20)(H,21,22). The largest absolute Gasteiger partial charge is 0.481 e. The van der Waals surface area contributed by atoms with E-state index in [1.54, 1.807) is 23.5 Å². The lowest BCUT2D eigenvalue weighted by Crippen LogP contribution is -2.45. The molecule has 0 bridgehead atoms. The van der Waals surface area contributed by atoms with Crippen molar-refractivity contribution < 1.29 is 14.7 Å². The summed E-state index contributed by atoms with van der Waals surface area (Å²) in [5, 5.41) is 14.7. The van der Waals surface area contributed by atoms with Crippen LogP contribution in [0.5, 0.6) is 0 Å². The van der Waals surface area contributed by atoms with E-state index < -0.39 is 17.8 Å². The quantitative estimate of drug-likeness (QED) is 0.864. The molecule has 3 unspecified atom stereocenters. The molecular weight excluding hydrogens is 334 g/mol. The molecule has 120 valence electrons. The van der Waals surface area contributed by atoms with E-state index in [9.17, 15) is 9.59 Å². The molecule has 2 N–H and O–H groups in total. The van der Waals surface area contributed by atoms with E-state index >= 15 is 0 Å². The Morgan fingerprint density at radius 1 is 1.17 bits per heavy atom. The van der Waals surface area contributed by atoms with Crippen molar-refractivity contribution in [3.05, 3.63) is 57.2 Å². The van der Waals surface area contributed by atoms with Crippen LogP contribution in [0.1, 0.15) is 29.3 Å². The summed E-state index contributed by atoms with van der Waals surface area (Å²) in [7, 11) is 0. The van der Waals surface area contributed by atoms with Gasteiger partial charge in [-0.2, -0.15) is 0 Å². The number of carboxylic acid groups (broad SMARTS) is 1. The minimum atomic E-state index is -0.893. The maximum absolute atomic E-state index is 12.5. The SMILES string of the molecule is O=C(O)C1CCC1C(=O)NC(c1ccc(Cl)cc1)c1cccs1. The van der Waals surface area contributed by atoms with Crippen molar-refractivity contribution in [2.24, 2.45) is 11.8 Å². The van der Waals surface area contributed by atoms with Crippen LogP contribution >= 0.6 is 22.9 Å². The molecule has 3 rings (SSSR count). The average molecular weight is 350 g/mol. The van der Waals surface area contributed by atoms with Gasteiger partial charge in [0.25, 0.3) is 0 Å². The van der Waals surface area contributed by atoms with Crippen LogP contribution in [-0.2, 0) is 9.59 Å². The third kappa shape index (κ3) is 3.41. The Hall–Kier alpha value is -1.85. The second-order valence-corrected chi connectivity index (χ2v) is 7.05. The smallest absolute Gasteiger partial charge is 0.307 e. The van der Waals surface area contributed by atoms with Crippen LogP contribution in [0.4, 0.5) is 0 Å². The molecule has 23 heavy (non-hydrogen) atoms. The molecule has 1 aliphatic rings. The van der Waals surface area contributed by atoms with Crippen LogP contribution < -0.4 is 5.32 Å². The van der Waals surface area contributed by atoms with Crippen LogP contribution in [0, 0.1) is 11.8 Å². The number of hydrogen-bond acceptors (Lipinski definition) is 3. The van der Waals surface area contributed by atoms with Gasteiger partial charge in [-0.05, 0) is 42.0 Å². The monoisotopic (exact) mass is 349 g/mol. The van der Waals surface area contributed by atoms with Gasteiger partial charge in [-0.15, -0.1) is 11.3 Å². The van der Waals surface area contributed by atoms with Crippen LogP contribution in [0.15, 0.2) is 41.8 Å². The van der Waals surface area contributed by atoms with Crippen molar-refractivity contribution in [2.75, 3.05) is 0 Å². The number of rotatable bonds is 5. The lowest BCUT2D eigenvalue weighted by molar-refractivity contribution is -0.152. The highest BCUT2D eigenvalue weighted by molar-refractivity contribution is 7.10. The van der Waals surface area contributed by atoms with Gasteiger partial charge < -0.3 is 10.4 Å². The summed E-state index contributed by atoms with van der Waals surface area (Å²) < 4.78 is 0. The number of carbonyl (C=O) groups excluding carboxylic acids is 1. The Labute approximate surface area is 143 Å². The number of carboxylic acids is 1. The molecule has 1 aromatic heterocycles. The first kappa shape index (κ1) is 16.0. The third-order valence-corrected chi connectivity index (χ3v) is 5.44. The molecule has 3 atom stereocenters. The number of benzene rings is 1. The Morgan fingerprint density at radius 3 is 2.39 bits per heavy atom. The van der Waals surface area contributed by atoms with E-state index in [2.05, 4.69) is 5.32 Å². The minimum absolute atomic E-state index is 0.197. The first-order chi connectivity index (χ1) is 11.1. The van der Waals surface area contributed by atoms with Crippen molar-refractivity contribution in [1.82, 2.24) is 5.32 Å². The van der Waals surface area contributed by atoms with Crippen molar-refractivity contribution in [3.63, 3.8) is 0 Å². The summed E-state index contributed by atoms with van der Waals surface area (Å²) in [4.78, 5) is 24.6. The van der Waals surface area contributed by atoms with Gasteiger partial charge in [-0.25, -0.2) is 0 Å². The number of halogens is 1. The number of aliphatic carboxylic acids is 1. The zero-order valence-corrected chi connectivity index (χ0v) is 13.8. The fraction of sp³-hybridized carbons (Fsp3) is 0.294. The molecule has 1 saturated carbocycles. The van der Waals surface area contributed by atoms with Crippen LogP contribution in [0.2, 0.25) is 5.02 Å². The number of hydrogen-bond donors (Lipinski definition) is 2. The highest BCUT2D eigenvalue weighted by Gasteiger charge is 2.42. The molecule has 1 aromatic carbocycles. The summed E-state index contributed by atoms with van der Waals surface area (Å²) in [6, 6.07) is 10.9. The Balaban J connectivity index is 1.81. The molecule has 6 heteroatoms. The number of thiophene rings is 1. The molecule has 1 amide bonds. The molecular formula is C17H16ClNO3S. The van der Waals surface area contributed by atoms with Gasteiger partial charge >= 0.3 is 5.97 Å². The fourth-order valence-corrected chi connectivity index (χ4v) is 3.72. The Kier molecular flexibility index (Phi) is 4.68. The summed E-state index contributed by atoms with van der Waals surface area (Å²) in [6.07, 6.45) is 1.19. The summed E-state index contributed by atoms with van der Waals surface area (Å²) in [5.41, 5.74) is 0.927. The first-order valence-corrected chi connectivity index (χ1v) is 8.64. The van der Waals surface area contributed by atoms with Crippen molar-refractivity contribution in [1.29, 1.82) is 0 Å². The average Bonchev–Trinajstić information content (AvgIpc) is 2.98. The van der Waals surface area contributed by atoms with Crippen molar-refractivity contribution in [2.45, 2.75) is 18.9 Å². The van der Waals surface area contributed by atoms with Gasteiger partial charge in [-0.1, -0.05) is 29.8 Å². The maximum Gasteiger partial charge on any atom is 0.307 e. The fourth-order valence-electron chi connectivity index (χ4n) is 2.79. The molecule has 1 aliphatic carbocycles. The second kappa shape index (κ2) is 6.72. The van der Waals surface area contributed by atoms with Crippen LogP contribution in [0.3, 0.4) is 0 Å². The summed E-state index contributed by atoms with van der Waals surface area (Å²) in [5.74, 6) is -2.10. The highest BCUT2D eigenvalue weighted by atomic mass is 35.5. The van der Waals surface area contributed by atoms with Gasteiger partial charge in [0.1, 0.15) is 0 Å². The Bertz CT molecular complexity index is 699. The minimum Gasteiger partial charge on any atom is -0.481 e. The molecule has 0 spiro atoms. The van der Waals surface area contributed by atoms with E-state index in [4.69, 9.17) is 16.7 Å². The highest BCUT2D eigenvalue weighted by Crippen LogP contribution is 2.36. The lowest BCUT2D eigenvalue weighted by atomic mass is 9.73. The summed E-state index contributed by atoms with van der Waals surface area (Å²) >= 11 is 7.49. The number of amides is 1. The Morgan fingerprint density at radius 2 is 1.87 bits per heavy atom. The van der Waals surface area contributed by atoms with E-state index in [0.29, 0.717) is 17.9 Å². The summed E-state index contributed by atoms with van der Waals surface area (Å²) in [6.45, 7) is 0. The van der Waals surface area contributed by atoms with E-state index in [1.807, 2.05) is 29.6 Å². The predicted octanol–water partition coefficient (Wildman–Crippen LogP) is 3.72. The van der Waals surface area contributed by atoms with Crippen molar-refractivity contribution >= 4 is 34.8 Å². The van der Waals surface area contributed by atoms with Crippen molar-refractivity contribution in [3.8, 4) is 0 Å². The number of nitrogens with one attached hydrogen (secondary N) is 1. The van der Waals surface area contributed by atoms with E-state index in [1.165, 1.54) is 0 Å². The van der Waals surface area contributed by atoms with E-state index in [0.717, 1.165) is 10.4 Å². The van der Waals surface area contributed by atoms with Crippen LogP contribution in [-0.4, -0.2) is 17.0 Å². The zero-order valence-electron chi connectivity index (χ0n) is 12.2. The maximum atomic E-state index is 12.5. The first-order valence-electron chi connectivity index (χ1n) is 7.38. The normalized spacial score (nSPS) is 21.3. The molecule has 2 aromatic rings. The van der Waals surface area contributed by atoms with Gasteiger partial charge in [-0.3, -0.25) is 9.59 Å². The number of carbonyl (C=O) groups is 2. The molecule has 1 fully saturated rings. The molecule has 0 saturated heterocycles. The molecule has 1 heterocycles. The van der Waals surface area contributed by atoms with Gasteiger partial charge in [0, 0.05) is 9.90 Å². The van der Waals surface area contributed by atoms with E-state index in [-0.39, 0.29) is 11.9 Å². The van der Waals surface area contributed by atoms with Crippen LogP contribution in [0.25, 0.3) is 0 Å². The predicted molar refractivity (Wildman–Crippen MR) is 89.6 cm³/mol. The van der Waals surface area contributed by atoms with Gasteiger partial charge in [0.15, 0.2) is 0 Å². The zero-order chi connectivity index (χ0) is 16.4. The lowest BCUT2D eigenvalue weighted by Gasteiger charge is -2.33. The third-order valence-electron chi connectivity index (χ3n) is 4.25. The molecule has 0 aliphatic heterocycles. The topological polar surface area (TPSA) is 66.4 Å². The van der Waals surface area contributed by atoms with Gasteiger partial charge in [0.2, 0.25) is 5.91 Å². The second-order valence-electron chi connectivity index (χ2n) is 5.64. The molecule has 0 radical (unpaired) electrons. The van der Waals surface area contributed by atoms with Gasteiger partial charge in [0.05, 0.1) is 17.9 Å².